The summed E-state index contributed by atoms with van der Waals surface area (Å²) in [6.07, 6.45) is 4.35. The highest BCUT2D eigenvalue weighted by Crippen LogP contribution is 2.35. The van der Waals surface area contributed by atoms with Gasteiger partial charge in [-0.25, -0.2) is 4.39 Å². The van der Waals surface area contributed by atoms with Gasteiger partial charge in [0.2, 0.25) is 5.91 Å². The van der Waals surface area contributed by atoms with Crippen LogP contribution in [0.3, 0.4) is 0 Å². The molecule has 0 radical (unpaired) electrons. The summed E-state index contributed by atoms with van der Waals surface area (Å²) in [7, 11) is 0. The lowest BCUT2D eigenvalue weighted by atomic mass is 9.85. The number of nitrogens with one attached hydrogen (secondary N) is 1. The standard InChI is InChI=1S/C23H27FN2O/c1-2-23(24,20-14-8-4-9-15-20)21(26-16-10-5-11-17-26)22(27)25-18-19-12-6-3-7-13-19/h2-4,6-9,12-15,21H,1,5,10-11,16-18H2,(H,25,27)/t21-,23+/m0/s1. The number of nitrogens with zero attached hydrogens (tertiary/aromatic N) is 1. The van der Waals surface area contributed by atoms with Crippen molar-refractivity contribution >= 4 is 5.91 Å². The monoisotopic (exact) mass is 366 g/mol. The molecule has 1 heterocycles. The molecule has 0 aliphatic carbocycles. The second-order valence-corrected chi connectivity index (χ2v) is 7.04. The predicted molar refractivity (Wildman–Crippen MR) is 107 cm³/mol. The van der Waals surface area contributed by atoms with Gasteiger partial charge in [-0.2, -0.15) is 0 Å². The minimum atomic E-state index is -1.95. The van der Waals surface area contributed by atoms with E-state index in [4.69, 9.17) is 0 Å². The summed E-state index contributed by atoms with van der Waals surface area (Å²) < 4.78 is 16.3. The molecule has 1 aliphatic heterocycles. The number of halogens is 1. The van der Waals surface area contributed by atoms with Crippen LogP contribution in [0.25, 0.3) is 0 Å². The van der Waals surface area contributed by atoms with Gasteiger partial charge in [0.25, 0.3) is 0 Å². The molecule has 0 spiro atoms. The highest BCUT2D eigenvalue weighted by molar-refractivity contribution is 5.84. The molecule has 3 rings (SSSR count). The van der Waals surface area contributed by atoms with Crippen molar-refractivity contribution in [2.45, 2.75) is 37.5 Å². The molecule has 2 aromatic carbocycles. The lowest BCUT2D eigenvalue weighted by Gasteiger charge is -2.40. The second-order valence-electron chi connectivity index (χ2n) is 7.04. The van der Waals surface area contributed by atoms with Crippen LogP contribution in [0.5, 0.6) is 0 Å². The number of hydrogen-bond acceptors (Lipinski definition) is 2. The Morgan fingerprint density at radius 1 is 1.07 bits per heavy atom. The Kier molecular flexibility index (Phi) is 6.40. The first-order chi connectivity index (χ1) is 13.1. The van der Waals surface area contributed by atoms with Crippen LogP contribution in [0.4, 0.5) is 4.39 Å². The maximum atomic E-state index is 16.3. The van der Waals surface area contributed by atoms with Crippen molar-refractivity contribution < 1.29 is 9.18 Å². The van der Waals surface area contributed by atoms with E-state index in [1.165, 1.54) is 6.08 Å². The first-order valence-electron chi connectivity index (χ1n) is 9.59. The van der Waals surface area contributed by atoms with Crippen molar-refractivity contribution in [2.24, 2.45) is 0 Å². The number of hydrogen-bond donors (Lipinski definition) is 1. The van der Waals surface area contributed by atoms with Crippen LogP contribution in [0.2, 0.25) is 0 Å². The minimum Gasteiger partial charge on any atom is -0.351 e. The number of benzene rings is 2. The fourth-order valence-corrected chi connectivity index (χ4v) is 3.76. The summed E-state index contributed by atoms with van der Waals surface area (Å²) >= 11 is 0. The Bertz CT molecular complexity index is 743. The summed E-state index contributed by atoms with van der Waals surface area (Å²) in [6.45, 7) is 5.56. The molecular weight excluding hydrogens is 339 g/mol. The van der Waals surface area contributed by atoms with Crippen LogP contribution in [-0.4, -0.2) is 29.9 Å². The van der Waals surface area contributed by atoms with E-state index in [2.05, 4.69) is 11.9 Å². The average molecular weight is 366 g/mol. The topological polar surface area (TPSA) is 32.3 Å². The summed E-state index contributed by atoms with van der Waals surface area (Å²) in [5.41, 5.74) is -0.490. The number of amides is 1. The van der Waals surface area contributed by atoms with Gasteiger partial charge in [-0.3, -0.25) is 9.69 Å². The quantitative estimate of drug-likeness (QED) is 0.745. The highest BCUT2D eigenvalue weighted by atomic mass is 19.1. The Labute approximate surface area is 160 Å². The van der Waals surface area contributed by atoms with Crippen LogP contribution in [-0.2, 0) is 17.0 Å². The summed E-state index contributed by atoms with van der Waals surface area (Å²) in [5, 5.41) is 2.94. The molecule has 2 atom stereocenters. The summed E-state index contributed by atoms with van der Waals surface area (Å²) in [4.78, 5) is 15.1. The average Bonchev–Trinajstić information content (AvgIpc) is 2.74. The van der Waals surface area contributed by atoms with Gasteiger partial charge in [-0.15, -0.1) is 0 Å². The molecule has 142 valence electrons. The Morgan fingerprint density at radius 3 is 2.26 bits per heavy atom. The van der Waals surface area contributed by atoms with E-state index in [0.29, 0.717) is 12.1 Å². The Hall–Kier alpha value is -2.46. The molecule has 0 saturated carbocycles. The lowest BCUT2D eigenvalue weighted by molar-refractivity contribution is -0.132. The predicted octanol–water partition coefficient (Wildman–Crippen LogP) is 4.21. The largest absolute Gasteiger partial charge is 0.351 e. The van der Waals surface area contributed by atoms with E-state index in [9.17, 15) is 4.79 Å². The van der Waals surface area contributed by atoms with E-state index >= 15 is 4.39 Å². The van der Waals surface area contributed by atoms with E-state index in [0.717, 1.165) is 37.9 Å². The molecule has 0 aromatic heterocycles. The van der Waals surface area contributed by atoms with Gasteiger partial charge in [0, 0.05) is 6.54 Å². The molecule has 0 unspecified atom stereocenters. The van der Waals surface area contributed by atoms with Crippen molar-refractivity contribution in [3.63, 3.8) is 0 Å². The maximum absolute atomic E-state index is 16.3. The first kappa shape index (κ1) is 19.3. The third kappa shape index (κ3) is 4.45. The second kappa shape index (κ2) is 8.96. The molecule has 27 heavy (non-hydrogen) atoms. The number of alkyl halides is 1. The molecule has 0 bridgehead atoms. The van der Waals surface area contributed by atoms with Gasteiger partial charge >= 0.3 is 0 Å². The zero-order valence-electron chi connectivity index (χ0n) is 15.6. The van der Waals surface area contributed by atoms with E-state index in [-0.39, 0.29) is 5.91 Å². The van der Waals surface area contributed by atoms with Crippen LogP contribution < -0.4 is 5.32 Å². The Morgan fingerprint density at radius 2 is 1.67 bits per heavy atom. The van der Waals surface area contributed by atoms with Gasteiger partial charge in [0.15, 0.2) is 5.67 Å². The van der Waals surface area contributed by atoms with Crippen LogP contribution in [0.1, 0.15) is 30.4 Å². The molecule has 4 heteroatoms. The molecule has 3 nitrogen and oxygen atoms in total. The molecule has 1 fully saturated rings. The first-order valence-corrected chi connectivity index (χ1v) is 9.59. The van der Waals surface area contributed by atoms with Gasteiger partial charge in [0.05, 0.1) is 0 Å². The zero-order chi connectivity index (χ0) is 19.1. The number of rotatable bonds is 7. The number of carbonyl (C=O) groups excluding carboxylic acids is 1. The van der Waals surface area contributed by atoms with Gasteiger partial charge < -0.3 is 5.32 Å². The van der Waals surface area contributed by atoms with E-state index in [1.54, 1.807) is 24.3 Å². The molecule has 2 aromatic rings. The van der Waals surface area contributed by atoms with Crippen LogP contribution in [0.15, 0.2) is 73.3 Å². The SMILES string of the molecule is C=C[C@@](F)(c1ccccc1)[C@H](C(=O)NCc1ccccc1)N1CCCCC1. The third-order valence-corrected chi connectivity index (χ3v) is 5.22. The van der Waals surface area contributed by atoms with Crippen molar-refractivity contribution in [1.82, 2.24) is 10.2 Å². The Balaban J connectivity index is 1.87. The van der Waals surface area contributed by atoms with Crippen molar-refractivity contribution in [1.29, 1.82) is 0 Å². The number of likely N-dealkylation sites (tertiary alicyclic amines) is 1. The van der Waals surface area contributed by atoms with E-state index < -0.39 is 11.7 Å². The number of carbonyl (C=O) groups is 1. The van der Waals surface area contributed by atoms with Gasteiger partial charge in [-0.1, -0.05) is 73.7 Å². The van der Waals surface area contributed by atoms with Crippen molar-refractivity contribution in [2.75, 3.05) is 13.1 Å². The molecular formula is C23H27FN2O. The zero-order valence-corrected chi connectivity index (χ0v) is 15.6. The van der Waals surface area contributed by atoms with Gasteiger partial charge in [0.1, 0.15) is 6.04 Å². The van der Waals surface area contributed by atoms with Crippen molar-refractivity contribution in [3.05, 3.63) is 84.4 Å². The fraction of sp³-hybridized carbons (Fsp3) is 0.348. The molecule has 1 saturated heterocycles. The summed E-state index contributed by atoms with van der Waals surface area (Å²) in [6, 6.07) is 17.6. The van der Waals surface area contributed by atoms with Crippen LogP contribution >= 0.6 is 0 Å². The fourth-order valence-electron chi connectivity index (χ4n) is 3.76. The minimum absolute atomic E-state index is 0.299. The van der Waals surface area contributed by atoms with Crippen molar-refractivity contribution in [3.8, 4) is 0 Å². The third-order valence-electron chi connectivity index (χ3n) is 5.22. The smallest absolute Gasteiger partial charge is 0.241 e. The normalized spacial score (nSPS) is 18.3. The lowest BCUT2D eigenvalue weighted by Crippen LogP contribution is -2.57. The molecule has 1 N–H and O–H groups in total. The van der Waals surface area contributed by atoms with Gasteiger partial charge in [-0.05, 0) is 43.1 Å². The molecule has 1 aliphatic rings. The molecule has 1 amide bonds. The highest BCUT2D eigenvalue weighted by Gasteiger charge is 2.46. The number of piperidine rings is 1. The summed E-state index contributed by atoms with van der Waals surface area (Å²) in [5.74, 6) is -0.299. The van der Waals surface area contributed by atoms with Crippen LogP contribution in [0, 0.1) is 0 Å². The maximum Gasteiger partial charge on any atom is 0.241 e. The van der Waals surface area contributed by atoms with E-state index in [1.807, 2.05) is 41.3 Å².